The fraction of sp³-hybridized carbons (Fsp3) is 0.600. The van der Waals surface area contributed by atoms with Gasteiger partial charge in [0.05, 0.1) is 17.8 Å². The third-order valence-electron chi connectivity index (χ3n) is 4.40. The van der Waals surface area contributed by atoms with Crippen molar-refractivity contribution in [1.29, 1.82) is 0 Å². The minimum atomic E-state index is -3.74. The standard InChI is InChI=1S/C15H24N2O3S/c1-11-6-8-15(10-18,9-7-11)17-21(19,20)14-12(2)4-3-5-13(14)16/h3-5,11,17-18H,6-10,16H2,1-2H3. The Balaban J connectivity index is 2.32. The lowest BCUT2D eigenvalue weighted by atomic mass is 9.78. The van der Waals surface area contributed by atoms with E-state index in [-0.39, 0.29) is 17.2 Å². The van der Waals surface area contributed by atoms with Gasteiger partial charge in [-0.25, -0.2) is 13.1 Å². The smallest absolute Gasteiger partial charge is 0.243 e. The molecular formula is C15H24N2O3S. The molecule has 1 aliphatic rings. The van der Waals surface area contributed by atoms with Crippen LogP contribution in [0.4, 0.5) is 5.69 Å². The van der Waals surface area contributed by atoms with Crippen LogP contribution < -0.4 is 10.5 Å². The lowest BCUT2D eigenvalue weighted by Gasteiger charge is -2.38. The van der Waals surface area contributed by atoms with E-state index in [2.05, 4.69) is 11.6 Å². The lowest BCUT2D eigenvalue weighted by molar-refractivity contribution is 0.125. The van der Waals surface area contributed by atoms with Crippen molar-refractivity contribution in [3.63, 3.8) is 0 Å². The van der Waals surface area contributed by atoms with Crippen molar-refractivity contribution in [2.75, 3.05) is 12.3 Å². The molecule has 5 nitrogen and oxygen atoms in total. The maximum absolute atomic E-state index is 12.7. The van der Waals surface area contributed by atoms with Gasteiger partial charge in [0.1, 0.15) is 4.90 Å². The van der Waals surface area contributed by atoms with E-state index in [0.717, 1.165) is 12.8 Å². The normalized spacial score (nSPS) is 26.7. The number of nitrogen functional groups attached to an aromatic ring is 1. The summed E-state index contributed by atoms with van der Waals surface area (Å²) in [6, 6.07) is 5.03. The van der Waals surface area contributed by atoms with Crippen LogP contribution in [0.3, 0.4) is 0 Å². The second kappa shape index (κ2) is 5.94. The highest BCUT2D eigenvalue weighted by Gasteiger charge is 2.38. The third kappa shape index (κ3) is 3.39. The maximum Gasteiger partial charge on any atom is 0.243 e. The molecule has 1 aromatic rings. The van der Waals surface area contributed by atoms with E-state index in [0.29, 0.717) is 24.3 Å². The number of aryl methyl sites for hydroxylation is 1. The fourth-order valence-electron chi connectivity index (χ4n) is 2.99. The van der Waals surface area contributed by atoms with Gasteiger partial charge in [-0.2, -0.15) is 0 Å². The zero-order valence-electron chi connectivity index (χ0n) is 12.6. The second-order valence-electron chi connectivity index (χ2n) is 6.22. The first-order chi connectivity index (χ1) is 9.80. The zero-order chi connectivity index (χ0) is 15.7. The number of aliphatic hydroxyl groups is 1. The Bertz CT molecular complexity index is 585. The van der Waals surface area contributed by atoms with Crippen molar-refractivity contribution < 1.29 is 13.5 Å². The molecule has 2 rings (SSSR count). The highest BCUT2D eigenvalue weighted by molar-refractivity contribution is 7.89. The largest absolute Gasteiger partial charge is 0.398 e. The van der Waals surface area contributed by atoms with Gasteiger partial charge >= 0.3 is 0 Å². The van der Waals surface area contributed by atoms with E-state index in [4.69, 9.17) is 5.73 Å². The molecule has 21 heavy (non-hydrogen) atoms. The van der Waals surface area contributed by atoms with Crippen LogP contribution >= 0.6 is 0 Å². The number of benzene rings is 1. The highest BCUT2D eigenvalue weighted by Crippen LogP contribution is 2.34. The van der Waals surface area contributed by atoms with Gasteiger partial charge in [0.2, 0.25) is 10.0 Å². The Labute approximate surface area is 126 Å². The molecule has 118 valence electrons. The van der Waals surface area contributed by atoms with Gasteiger partial charge in [-0.1, -0.05) is 19.1 Å². The van der Waals surface area contributed by atoms with Gasteiger partial charge in [0.15, 0.2) is 0 Å². The summed E-state index contributed by atoms with van der Waals surface area (Å²) in [6.07, 6.45) is 3.12. The average Bonchev–Trinajstić information content (AvgIpc) is 2.41. The second-order valence-corrected chi connectivity index (χ2v) is 7.84. The molecule has 0 aromatic heterocycles. The molecule has 0 heterocycles. The minimum absolute atomic E-state index is 0.122. The van der Waals surface area contributed by atoms with E-state index in [1.807, 2.05) is 0 Å². The molecule has 6 heteroatoms. The number of nitrogens with two attached hydrogens (primary N) is 1. The highest BCUT2D eigenvalue weighted by atomic mass is 32.2. The molecular weight excluding hydrogens is 288 g/mol. The number of rotatable bonds is 4. The molecule has 4 N–H and O–H groups in total. The molecule has 0 spiro atoms. The maximum atomic E-state index is 12.7. The van der Waals surface area contributed by atoms with Crippen LogP contribution in [0.25, 0.3) is 0 Å². The van der Waals surface area contributed by atoms with Crippen LogP contribution in [0, 0.1) is 12.8 Å². The fourth-order valence-corrected chi connectivity index (χ4v) is 4.80. The Morgan fingerprint density at radius 1 is 1.38 bits per heavy atom. The van der Waals surface area contributed by atoms with Crippen LogP contribution in [0.15, 0.2) is 23.1 Å². The summed E-state index contributed by atoms with van der Waals surface area (Å²) in [6.45, 7) is 3.68. The monoisotopic (exact) mass is 312 g/mol. The van der Waals surface area contributed by atoms with Gasteiger partial charge < -0.3 is 10.8 Å². The summed E-state index contributed by atoms with van der Waals surface area (Å²) in [7, 11) is -3.74. The van der Waals surface area contributed by atoms with Crippen LogP contribution in [-0.2, 0) is 10.0 Å². The molecule has 0 unspecified atom stereocenters. The molecule has 1 aromatic carbocycles. The molecule has 0 bridgehead atoms. The van der Waals surface area contributed by atoms with Crippen LogP contribution in [-0.4, -0.2) is 25.7 Å². The van der Waals surface area contributed by atoms with Crippen molar-refractivity contribution in [3.05, 3.63) is 23.8 Å². The SMILES string of the molecule is Cc1cccc(N)c1S(=O)(=O)NC1(CO)CCC(C)CC1. The van der Waals surface area contributed by atoms with Crippen molar-refractivity contribution in [2.24, 2.45) is 5.92 Å². The molecule has 0 saturated heterocycles. The first-order valence-electron chi connectivity index (χ1n) is 7.30. The Hall–Kier alpha value is -1.11. The van der Waals surface area contributed by atoms with Crippen LogP contribution in [0.5, 0.6) is 0 Å². The van der Waals surface area contributed by atoms with Crippen LogP contribution in [0.2, 0.25) is 0 Å². The summed E-state index contributed by atoms with van der Waals surface area (Å²) >= 11 is 0. The number of hydrogen-bond acceptors (Lipinski definition) is 4. The number of sulfonamides is 1. The molecule has 0 amide bonds. The van der Waals surface area contributed by atoms with Crippen molar-refractivity contribution in [1.82, 2.24) is 4.72 Å². The van der Waals surface area contributed by atoms with Crippen molar-refractivity contribution in [3.8, 4) is 0 Å². The minimum Gasteiger partial charge on any atom is -0.398 e. The Morgan fingerprint density at radius 2 is 2.00 bits per heavy atom. The van der Waals surface area contributed by atoms with Crippen molar-refractivity contribution >= 4 is 15.7 Å². The van der Waals surface area contributed by atoms with Gasteiger partial charge in [0.25, 0.3) is 0 Å². The molecule has 0 radical (unpaired) electrons. The van der Waals surface area contributed by atoms with Gasteiger partial charge in [-0.3, -0.25) is 0 Å². The van der Waals surface area contributed by atoms with Gasteiger partial charge in [-0.15, -0.1) is 0 Å². The summed E-state index contributed by atoms with van der Waals surface area (Å²) in [5.41, 5.74) is 5.92. The number of anilines is 1. The lowest BCUT2D eigenvalue weighted by Crippen LogP contribution is -2.53. The van der Waals surface area contributed by atoms with Gasteiger partial charge in [-0.05, 0) is 50.2 Å². The predicted molar refractivity (Wildman–Crippen MR) is 83.4 cm³/mol. The predicted octanol–water partition coefficient (Wildman–Crippen LogP) is 1.80. The van der Waals surface area contributed by atoms with E-state index in [9.17, 15) is 13.5 Å². The van der Waals surface area contributed by atoms with E-state index in [1.54, 1.807) is 25.1 Å². The van der Waals surface area contributed by atoms with E-state index >= 15 is 0 Å². The van der Waals surface area contributed by atoms with E-state index in [1.165, 1.54) is 0 Å². The quantitative estimate of drug-likeness (QED) is 0.739. The summed E-state index contributed by atoms with van der Waals surface area (Å²) < 4.78 is 28.1. The number of aliphatic hydroxyl groups excluding tert-OH is 1. The number of nitrogens with one attached hydrogen (secondary N) is 1. The Morgan fingerprint density at radius 3 is 2.52 bits per heavy atom. The summed E-state index contributed by atoms with van der Waals surface area (Å²) in [5.74, 6) is 0.567. The molecule has 1 aliphatic carbocycles. The average molecular weight is 312 g/mol. The first-order valence-corrected chi connectivity index (χ1v) is 8.78. The van der Waals surface area contributed by atoms with E-state index < -0.39 is 15.6 Å². The van der Waals surface area contributed by atoms with Crippen molar-refractivity contribution in [2.45, 2.75) is 50.0 Å². The summed E-state index contributed by atoms with van der Waals surface area (Å²) in [4.78, 5) is 0.122. The summed E-state index contributed by atoms with van der Waals surface area (Å²) in [5, 5.41) is 9.72. The van der Waals surface area contributed by atoms with Crippen LogP contribution in [0.1, 0.15) is 38.2 Å². The molecule has 0 atom stereocenters. The molecule has 0 aliphatic heterocycles. The zero-order valence-corrected chi connectivity index (χ0v) is 13.4. The Kier molecular flexibility index (Phi) is 4.60. The first kappa shape index (κ1) is 16.3. The third-order valence-corrected chi connectivity index (χ3v) is 6.19. The molecule has 1 fully saturated rings. The molecule has 1 saturated carbocycles. The topological polar surface area (TPSA) is 92.4 Å². The number of hydrogen-bond donors (Lipinski definition) is 3. The van der Waals surface area contributed by atoms with Gasteiger partial charge in [0, 0.05) is 0 Å².